The van der Waals surface area contributed by atoms with E-state index in [0.29, 0.717) is 11.5 Å². The summed E-state index contributed by atoms with van der Waals surface area (Å²) in [6.45, 7) is 0. The van der Waals surface area contributed by atoms with Crippen LogP contribution in [0.15, 0.2) is 60.9 Å². The van der Waals surface area contributed by atoms with E-state index in [4.69, 9.17) is 10.2 Å². The second-order valence-corrected chi connectivity index (χ2v) is 4.50. The normalized spacial score (nSPS) is 10.4. The third kappa shape index (κ3) is 2.44. The van der Waals surface area contributed by atoms with Gasteiger partial charge in [0.05, 0.1) is 0 Å². The number of H-pyrrole nitrogens is 2. The molecule has 0 aliphatic rings. The maximum absolute atomic E-state index is 9.03. The minimum Gasteiger partial charge on any atom is -0.508 e. The fourth-order valence-corrected chi connectivity index (χ4v) is 2.08. The Morgan fingerprint density at radius 3 is 2.10 bits per heavy atom. The molecule has 0 aliphatic heterocycles. The summed E-state index contributed by atoms with van der Waals surface area (Å²) in [5.74, 6) is 0.613. The van der Waals surface area contributed by atoms with Crippen LogP contribution in [-0.2, 0) is 0 Å². The molecule has 4 N–H and O–H groups in total. The summed E-state index contributed by atoms with van der Waals surface area (Å²) in [5.41, 5.74) is 2.03. The largest absolute Gasteiger partial charge is 0.508 e. The number of hydrogen-bond donors (Lipinski definition) is 4. The van der Waals surface area contributed by atoms with Crippen molar-refractivity contribution >= 4 is 21.8 Å². The highest BCUT2D eigenvalue weighted by Gasteiger charge is 1.93. The second kappa shape index (κ2) is 5.01. The number of aromatic amines is 2. The van der Waals surface area contributed by atoms with Gasteiger partial charge in [-0.15, -0.1) is 0 Å². The highest BCUT2D eigenvalue weighted by molar-refractivity contribution is 5.81. The Morgan fingerprint density at radius 1 is 0.600 bits per heavy atom. The van der Waals surface area contributed by atoms with Crippen molar-refractivity contribution in [3.63, 3.8) is 0 Å². The van der Waals surface area contributed by atoms with E-state index in [1.807, 2.05) is 36.7 Å². The van der Waals surface area contributed by atoms with E-state index in [1.165, 1.54) is 0 Å². The van der Waals surface area contributed by atoms with Gasteiger partial charge in [0.25, 0.3) is 0 Å². The molecule has 0 atom stereocenters. The maximum atomic E-state index is 9.03. The molecule has 20 heavy (non-hydrogen) atoms. The zero-order valence-electron chi connectivity index (χ0n) is 10.7. The lowest BCUT2D eigenvalue weighted by Crippen LogP contribution is -1.65. The van der Waals surface area contributed by atoms with Gasteiger partial charge in [-0.3, -0.25) is 0 Å². The molecule has 0 spiro atoms. The molecular formula is C16H14N2O2. The zero-order chi connectivity index (χ0) is 13.9. The monoisotopic (exact) mass is 266 g/mol. The van der Waals surface area contributed by atoms with E-state index in [1.54, 1.807) is 24.3 Å². The smallest absolute Gasteiger partial charge is 0.117 e. The lowest BCUT2D eigenvalue weighted by molar-refractivity contribution is 0.475. The molecule has 100 valence electrons. The average molecular weight is 266 g/mol. The molecule has 0 aliphatic carbocycles. The molecule has 2 aromatic carbocycles. The van der Waals surface area contributed by atoms with Gasteiger partial charge in [-0.05, 0) is 47.9 Å². The first kappa shape index (κ1) is 12.2. The van der Waals surface area contributed by atoms with E-state index in [2.05, 4.69) is 9.97 Å². The lowest BCUT2D eigenvalue weighted by atomic mass is 10.2. The number of nitrogens with one attached hydrogen (secondary N) is 2. The van der Waals surface area contributed by atoms with Crippen LogP contribution in [0.25, 0.3) is 21.8 Å². The molecule has 4 heteroatoms. The number of fused-ring (bicyclic) bond motifs is 2. The van der Waals surface area contributed by atoms with Crippen molar-refractivity contribution in [2.75, 3.05) is 0 Å². The minimum atomic E-state index is 0.301. The number of hydrogen-bond acceptors (Lipinski definition) is 2. The first-order valence-corrected chi connectivity index (χ1v) is 6.24. The molecule has 2 heterocycles. The van der Waals surface area contributed by atoms with Gasteiger partial charge in [-0.1, -0.05) is 0 Å². The van der Waals surface area contributed by atoms with Gasteiger partial charge in [0.1, 0.15) is 11.5 Å². The Morgan fingerprint density at radius 2 is 1.25 bits per heavy atom. The van der Waals surface area contributed by atoms with E-state index in [0.717, 1.165) is 21.8 Å². The van der Waals surface area contributed by atoms with Crippen molar-refractivity contribution in [1.29, 1.82) is 0 Å². The summed E-state index contributed by atoms with van der Waals surface area (Å²) in [5, 5.41) is 20.2. The third-order valence-electron chi connectivity index (χ3n) is 3.08. The molecule has 4 nitrogen and oxygen atoms in total. The van der Waals surface area contributed by atoms with Gasteiger partial charge in [0, 0.05) is 34.9 Å². The molecule has 0 fully saturated rings. The topological polar surface area (TPSA) is 72.0 Å². The van der Waals surface area contributed by atoms with Gasteiger partial charge < -0.3 is 20.2 Å². The summed E-state index contributed by atoms with van der Waals surface area (Å²) in [7, 11) is 0. The van der Waals surface area contributed by atoms with Crippen LogP contribution in [0.3, 0.4) is 0 Å². The molecule has 4 aromatic rings. The van der Waals surface area contributed by atoms with Gasteiger partial charge in [-0.2, -0.15) is 0 Å². The van der Waals surface area contributed by atoms with Crippen LogP contribution < -0.4 is 0 Å². The second-order valence-electron chi connectivity index (χ2n) is 4.50. The summed E-state index contributed by atoms with van der Waals surface area (Å²) < 4.78 is 0. The van der Waals surface area contributed by atoms with Crippen LogP contribution in [0.5, 0.6) is 11.5 Å². The number of aromatic hydroxyl groups is 2. The van der Waals surface area contributed by atoms with E-state index in [9.17, 15) is 0 Å². The van der Waals surface area contributed by atoms with E-state index < -0.39 is 0 Å². The van der Waals surface area contributed by atoms with Crippen molar-refractivity contribution in [2.24, 2.45) is 0 Å². The van der Waals surface area contributed by atoms with Gasteiger partial charge in [0.15, 0.2) is 0 Å². The summed E-state index contributed by atoms with van der Waals surface area (Å²) in [6.07, 6.45) is 3.70. The first-order chi connectivity index (χ1) is 9.72. The Balaban J connectivity index is 0.000000121. The van der Waals surface area contributed by atoms with Crippen LogP contribution in [0.2, 0.25) is 0 Å². The maximum Gasteiger partial charge on any atom is 0.117 e. The fraction of sp³-hybridized carbons (Fsp3) is 0. The molecule has 0 unspecified atom stereocenters. The van der Waals surface area contributed by atoms with Crippen LogP contribution in [0, 0.1) is 0 Å². The molecule has 2 aromatic heterocycles. The molecule has 0 saturated heterocycles. The summed E-state index contributed by atoms with van der Waals surface area (Å²) >= 11 is 0. The number of benzene rings is 2. The predicted octanol–water partition coefficient (Wildman–Crippen LogP) is 3.75. The van der Waals surface area contributed by atoms with Crippen molar-refractivity contribution in [3.8, 4) is 11.5 Å². The molecular weight excluding hydrogens is 252 g/mol. The Kier molecular flexibility index (Phi) is 3.05. The Bertz CT molecular complexity index is 774. The van der Waals surface area contributed by atoms with Crippen molar-refractivity contribution < 1.29 is 10.2 Å². The quantitative estimate of drug-likeness (QED) is 0.391. The van der Waals surface area contributed by atoms with Gasteiger partial charge in [-0.25, -0.2) is 0 Å². The highest BCUT2D eigenvalue weighted by Crippen LogP contribution is 2.18. The molecule has 0 bridgehead atoms. The highest BCUT2D eigenvalue weighted by atomic mass is 16.3. The summed E-state index contributed by atoms with van der Waals surface area (Å²) in [4.78, 5) is 6.04. The summed E-state index contributed by atoms with van der Waals surface area (Å²) in [6, 6.07) is 14.4. The first-order valence-electron chi connectivity index (χ1n) is 6.24. The number of aromatic nitrogens is 2. The van der Waals surface area contributed by atoms with Crippen LogP contribution >= 0.6 is 0 Å². The van der Waals surface area contributed by atoms with E-state index in [-0.39, 0.29) is 0 Å². The predicted molar refractivity (Wildman–Crippen MR) is 79.9 cm³/mol. The molecule has 0 amide bonds. The van der Waals surface area contributed by atoms with Crippen molar-refractivity contribution in [3.05, 3.63) is 60.9 Å². The lowest BCUT2D eigenvalue weighted by Gasteiger charge is -1.89. The Hall–Kier alpha value is -2.88. The molecule has 0 saturated carbocycles. The number of phenols is 2. The van der Waals surface area contributed by atoms with Crippen LogP contribution in [0.1, 0.15) is 0 Å². The van der Waals surface area contributed by atoms with E-state index >= 15 is 0 Å². The number of phenolic OH excluding ortho intramolecular Hbond substituents is 2. The molecule has 4 rings (SSSR count). The number of rotatable bonds is 0. The third-order valence-corrected chi connectivity index (χ3v) is 3.08. The van der Waals surface area contributed by atoms with Gasteiger partial charge in [0.2, 0.25) is 0 Å². The minimum absolute atomic E-state index is 0.301. The average Bonchev–Trinajstić information content (AvgIpc) is 3.06. The van der Waals surface area contributed by atoms with Crippen LogP contribution in [-0.4, -0.2) is 20.2 Å². The zero-order valence-corrected chi connectivity index (χ0v) is 10.7. The van der Waals surface area contributed by atoms with Gasteiger partial charge >= 0.3 is 0 Å². The standard InChI is InChI=1S/2C8H7NO/c10-7-1-2-8-6(5-7)3-4-9-8;10-7-2-1-6-3-4-9-8(6)5-7/h2*1-5,9-10H. The van der Waals surface area contributed by atoms with Crippen molar-refractivity contribution in [1.82, 2.24) is 9.97 Å². The van der Waals surface area contributed by atoms with Crippen molar-refractivity contribution in [2.45, 2.75) is 0 Å². The Labute approximate surface area is 115 Å². The van der Waals surface area contributed by atoms with Crippen LogP contribution in [0.4, 0.5) is 0 Å². The fourth-order valence-electron chi connectivity index (χ4n) is 2.08. The SMILES string of the molecule is Oc1ccc2[nH]ccc2c1.Oc1ccc2cc[nH]c2c1. The molecule has 0 radical (unpaired) electrons.